The first-order chi connectivity index (χ1) is 15.1. The number of nitrogens with zero attached hydrogens (tertiary/aromatic N) is 3. The number of phenols is 1. The highest BCUT2D eigenvalue weighted by atomic mass is 16.5. The standard InChI is InChI=1S/C23H23N3O5/c1-28-19-6-3-15(11-21(19)29-2)22-17-5-4-16(27)12-20(17)31-23(18(22)13-24)25-14-26-7-9-30-10-8-26/h3-6,11-12,14,22,27H,7-10H2,1-2H3/t22-/m0/s1. The minimum Gasteiger partial charge on any atom is -0.508 e. The van der Waals surface area contributed by atoms with E-state index in [1.165, 1.54) is 6.07 Å². The average Bonchev–Trinajstić information content (AvgIpc) is 2.81. The van der Waals surface area contributed by atoms with Crippen LogP contribution >= 0.6 is 0 Å². The van der Waals surface area contributed by atoms with E-state index in [4.69, 9.17) is 18.9 Å². The van der Waals surface area contributed by atoms with Crippen molar-refractivity contribution in [3.05, 3.63) is 59.0 Å². The predicted molar refractivity (Wildman–Crippen MR) is 114 cm³/mol. The number of hydrogen-bond acceptors (Lipinski definition) is 7. The topological polar surface area (TPSA) is 96.5 Å². The number of methoxy groups -OCH3 is 2. The molecule has 8 nitrogen and oxygen atoms in total. The molecule has 0 bridgehead atoms. The summed E-state index contributed by atoms with van der Waals surface area (Å²) in [6.07, 6.45) is 1.68. The van der Waals surface area contributed by atoms with Crippen molar-refractivity contribution in [1.82, 2.24) is 4.90 Å². The molecule has 1 atom stereocenters. The van der Waals surface area contributed by atoms with Crippen molar-refractivity contribution in [2.45, 2.75) is 5.92 Å². The van der Waals surface area contributed by atoms with Gasteiger partial charge in [-0.2, -0.15) is 5.26 Å². The van der Waals surface area contributed by atoms with Gasteiger partial charge in [-0.05, 0) is 23.8 Å². The maximum atomic E-state index is 10.0. The van der Waals surface area contributed by atoms with Crippen LogP contribution in [0.15, 0.2) is 52.8 Å². The molecule has 1 fully saturated rings. The van der Waals surface area contributed by atoms with Gasteiger partial charge in [-0.3, -0.25) is 0 Å². The summed E-state index contributed by atoms with van der Waals surface area (Å²) in [6, 6.07) is 12.7. The van der Waals surface area contributed by atoms with Crippen LogP contribution in [-0.4, -0.2) is 56.9 Å². The Balaban J connectivity index is 1.81. The van der Waals surface area contributed by atoms with Crippen LogP contribution in [-0.2, 0) is 4.74 Å². The Labute approximate surface area is 180 Å². The first kappa shape index (κ1) is 20.6. The summed E-state index contributed by atoms with van der Waals surface area (Å²) in [5, 5.41) is 20.0. The molecular weight excluding hydrogens is 398 g/mol. The van der Waals surface area contributed by atoms with Crippen LogP contribution in [0.2, 0.25) is 0 Å². The SMILES string of the molecule is COc1ccc([C@@H]2C(C#N)=C(N=CN3CCOCC3)Oc3cc(O)ccc32)cc1OC. The van der Waals surface area contributed by atoms with Gasteiger partial charge in [-0.15, -0.1) is 0 Å². The zero-order chi connectivity index (χ0) is 21.8. The number of benzene rings is 2. The van der Waals surface area contributed by atoms with E-state index in [1.807, 2.05) is 17.0 Å². The maximum Gasteiger partial charge on any atom is 0.235 e. The number of hydrogen-bond donors (Lipinski definition) is 1. The number of morpholine rings is 1. The summed E-state index contributed by atoms with van der Waals surface area (Å²) in [5.74, 6) is 1.44. The summed E-state index contributed by atoms with van der Waals surface area (Å²) in [6.45, 7) is 2.69. The van der Waals surface area contributed by atoms with Crippen LogP contribution < -0.4 is 14.2 Å². The van der Waals surface area contributed by atoms with Crippen LogP contribution in [0.4, 0.5) is 0 Å². The summed E-state index contributed by atoms with van der Waals surface area (Å²) in [4.78, 5) is 6.49. The third-order valence-electron chi connectivity index (χ3n) is 5.28. The van der Waals surface area contributed by atoms with Gasteiger partial charge < -0.3 is 29.0 Å². The van der Waals surface area contributed by atoms with Crippen molar-refractivity contribution >= 4 is 6.34 Å². The minimum atomic E-state index is -0.439. The van der Waals surface area contributed by atoms with Gasteiger partial charge in [0.25, 0.3) is 0 Å². The molecule has 0 amide bonds. The Bertz CT molecular complexity index is 1070. The Morgan fingerprint density at radius 1 is 1.13 bits per heavy atom. The third-order valence-corrected chi connectivity index (χ3v) is 5.28. The Kier molecular flexibility index (Phi) is 5.96. The predicted octanol–water partition coefficient (Wildman–Crippen LogP) is 3.03. The van der Waals surface area contributed by atoms with Crippen molar-refractivity contribution in [1.29, 1.82) is 5.26 Å². The molecule has 0 unspecified atom stereocenters. The fourth-order valence-corrected chi connectivity index (χ4v) is 3.70. The molecule has 2 heterocycles. The number of aromatic hydroxyl groups is 1. The molecule has 8 heteroatoms. The molecule has 0 spiro atoms. The van der Waals surface area contributed by atoms with Crippen LogP contribution in [0.1, 0.15) is 17.0 Å². The first-order valence-electron chi connectivity index (χ1n) is 9.87. The van der Waals surface area contributed by atoms with Gasteiger partial charge in [0.2, 0.25) is 5.88 Å². The summed E-state index contributed by atoms with van der Waals surface area (Å²) >= 11 is 0. The van der Waals surface area contributed by atoms with E-state index in [1.54, 1.807) is 38.8 Å². The molecule has 2 aliphatic rings. The normalized spacial score (nSPS) is 18.4. The fourth-order valence-electron chi connectivity index (χ4n) is 3.70. The van der Waals surface area contributed by atoms with Crippen molar-refractivity contribution in [3.63, 3.8) is 0 Å². The van der Waals surface area contributed by atoms with E-state index in [9.17, 15) is 10.4 Å². The Morgan fingerprint density at radius 3 is 2.61 bits per heavy atom. The smallest absolute Gasteiger partial charge is 0.235 e. The van der Waals surface area contributed by atoms with Crippen molar-refractivity contribution in [2.75, 3.05) is 40.5 Å². The Morgan fingerprint density at radius 2 is 1.90 bits per heavy atom. The zero-order valence-electron chi connectivity index (χ0n) is 17.4. The lowest BCUT2D eigenvalue weighted by Crippen LogP contribution is -2.35. The molecular formula is C23H23N3O5. The number of fused-ring (bicyclic) bond motifs is 1. The quantitative estimate of drug-likeness (QED) is 0.585. The number of ether oxygens (including phenoxy) is 4. The molecule has 2 aromatic rings. The van der Waals surface area contributed by atoms with Crippen molar-refractivity contribution in [2.24, 2.45) is 4.99 Å². The number of nitriles is 1. The van der Waals surface area contributed by atoms with E-state index in [0.717, 1.165) is 24.2 Å². The molecule has 0 saturated carbocycles. The van der Waals surface area contributed by atoms with Gasteiger partial charge in [0.1, 0.15) is 23.1 Å². The van der Waals surface area contributed by atoms with Gasteiger partial charge in [0.15, 0.2) is 11.5 Å². The molecule has 0 radical (unpaired) electrons. The van der Waals surface area contributed by atoms with Crippen molar-refractivity contribution < 1.29 is 24.1 Å². The molecule has 31 heavy (non-hydrogen) atoms. The van der Waals surface area contributed by atoms with E-state index in [2.05, 4.69) is 11.1 Å². The van der Waals surface area contributed by atoms with Crippen LogP contribution in [0.3, 0.4) is 0 Å². The van der Waals surface area contributed by atoms with Crippen molar-refractivity contribution in [3.8, 4) is 29.1 Å². The lowest BCUT2D eigenvalue weighted by Gasteiger charge is -2.28. The van der Waals surface area contributed by atoms with Crippen LogP contribution in [0.5, 0.6) is 23.0 Å². The highest BCUT2D eigenvalue weighted by molar-refractivity contribution is 5.62. The molecule has 0 aliphatic carbocycles. The van der Waals surface area contributed by atoms with E-state index in [0.29, 0.717) is 36.0 Å². The number of rotatable bonds is 5. The van der Waals surface area contributed by atoms with Gasteiger partial charge >= 0.3 is 0 Å². The van der Waals surface area contributed by atoms with E-state index < -0.39 is 5.92 Å². The van der Waals surface area contributed by atoms with E-state index in [-0.39, 0.29) is 11.6 Å². The Hall–Kier alpha value is -3.70. The minimum absolute atomic E-state index is 0.0710. The summed E-state index contributed by atoms with van der Waals surface area (Å²) < 4.78 is 22.1. The molecule has 160 valence electrons. The second-order valence-electron chi connectivity index (χ2n) is 7.10. The fraction of sp³-hybridized carbons (Fsp3) is 0.304. The molecule has 0 aromatic heterocycles. The molecule has 2 aliphatic heterocycles. The largest absolute Gasteiger partial charge is 0.508 e. The first-order valence-corrected chi connectivity index (χ1v) is 9.87. The zero-order valence-corrected chi connectivity index (χ0v) is 17.4. The van der Waals surface area contributed by atoms with Crippen LogP contribution in [0.25, 0.3) is 0 Å². The second kappa shape index (κ2) is 8.98. The van der Waals surface area contributed by atoms with Gasteiger partial charge in [-0.1, -0.05) is 12.1 Å². The maximum absolute atomic E-state index is 10.0. The lowest BCUT2D eigenvalue weighted by molar-refractivity contribution is 0.0699. The molecule has 1 N–H and O–H groups in total. The summed E-state index contributed by atoms with van der Waals surface area (Å²) in [7, 11) is 3.14. The van der Waals surface area contributed by atoms with Gasteiger partial charge in [0.05, 0.1) is 39.7 Å². The lowest BCUT2D eigenvalue weighted by atomic mass is 9.83. The highest BCUT2D eigenvalue weighted by Gasteiger charge is 2.32. The second-order valence-corrected chi connectivity index (χ2v) is 7.10. The monoisotopic (exact) mass is 421 g/mol. The molecule has 2 aromatic carbocycles. The number of allylic oxidation sites excluding steroid dienone is 1. The average molecular weight is 421 g/mol. The van der Waals surface area contributed by atoms with Gasteiger partial charge in [0, 0.05) is 24.7 Å². The summed E-state index contributed by atoms with van der Waals surface area (Å²) in [5.41, 5.74) is 1.95. The third kappa shape index (κ3) is 4.13. The number of phenolic OH excluding ortho intramolecular Hbond substituents is 1. The molecule has 4 rings (SSSR count). The van der Waals surface area contributed by atoms with Crippen LogP contribution in [0, 0.1) is 11.3 Å². The van der Waals surface area contributed by atoms with Gasteiger partial charge in [-0.25, -0.2) is 4.99 Å². The molecule has 1 saturated heterocycles. The van der Waals surface area contributed by atoms with E-state index >= 15 is 0 Å². The number of aliphatic imine (C=N–C) groups is 1. The highest BCUT2D eigenvalue weighted by Crippen LogP contribution is 2.45.